The van der Waals surface area contributed by atoms with Gasteiger partial charge in [-0.2, -0.15) is 5.10 Å². The van der Waals surface area contributed by atoms with Crippen LogP contribution in [-0.2, 0) is 0 Å². The summed E-state index contributed by atoms with van der Waals surface area (Å²) >= 11 is 0. The summed E-state index contributed by atoms with van der Waals surface area (Å²) < 4.78 is 1.67. The second-order valence-electron chi connectivity index (χ2n) is 6.35. The second kappa shape index (κ2) is 6.90. The van der Waals surface area contributed by atoms with E-state index in [9.17, 15) is 4.79 Å². The lowest BCUT2D eigenvalue weighted by molar-refractivity contribution is 0.0914. The molecule has 1 aliphatic carbocycles. The Morgan fingerprint density at radius 1 is 1.18 bits per heavy atom. The fourth-order valence-electron chi connectivity index (χ4n) is 3.24. The number of aromatic nitrogens is 3. The molecule has 0 aromatic carbocycles. The Hall–Kier alpha value is -1.91. The van der Waals surface area contributed by atoms with Crippen LogP contribution in [0.3, 0.4) is 0 Å². The molecule has 2 unspecified atom stereocenters. The third-order valence-electron chi connectivity index (χ3n) is 4.67. The maximum Gasteiger partial charge on any atom is 0.270 e. The number of hydrogen-bond donors (Lipinski definition) is 1. The minimum atomic E-state index is -0.0696. The fraction of sp³-hybridized carbons (Fsp3) is 0.588. The van der Waals surface area contributed by atoms with Gasteiger partial charge in [0.15, 0.2) is 5.65 Å². The lowest BCUT2D eigenvalue weighted by Gasteiger charge is -2.24. The average molecular weight is 300 g/mol. The molecule has 22 heavy (non-hydrogen) atoms. The molecule has 0 saturated heterocycles. The third kappa shape index (κ3) is 3.46. The highest BCUT2D eigenvalue weighted by molar-refractivity contribution is 5.92. The first-order chi connectivity index (χ1) is 10.7. The van der Waals surface area contributed by atoms with Crippen LogP contribution in [0.25, 0.3) is 5.65 Å². The molecule has 3 rings (SSSR count). The molecule has 0 aliphatic heterocycles. The van der Waals surface area contributed by atoms with Gasteiger partial charge in [0.1, 0.15) is 5.69 Å². The van der Waals surface area contributed by atoms with Crippen LogP contribution < -0.4 is 5.32 Å². The average Bonchev–Trinajstić information content (AvgIpc) is 3.01. The minimum Gasteiger partial charge on any atom is -0.348 e. The number of carbonyl (C=O) groups is 1. The van der Waals surface area contributed by atoms with Gasteiger partial charge in [-0.3, -0.25) is 4.79 Å². The Morgan fingerprint density at radius 3 is 2.82 bits per heavy atom. The van der Waals surface area contributed by atoms with E-state index in [0.717, 1.165) is 6.42 Å². The lowest BCUT2D eigenvalue weighted by atomic mass is 9.93. The molecule has 118 valence electrons. The predicted molar refractivity (Wildman–Crippen MR) is 85.7 cm³/mol. The van der Waals surface area contributed by atoms with Gasteiger partial charge in [0, 0.05) is 18.3 Å². The standard InChI is InChI=1S/C17H24N4O/c1-13-7-5-3-2-4-6-8-14(13)20-17(22)15-10-12-21-16(19-15)9-11-18-21/h9-14H,2-8H2,1H3,(H,20,22). The summed E-state index contributed by atoms with van der Waals surface area (Å²) in [5.74, 6) is 0.459. The molecule has 1 N–H and O–H groups in total. The van der Waals surface area contributed by atoms with Crippen LogP contribution in [0.2, 0.25) is 0 Å². The Bertz CT molecular complexity index is 636. The number of hydrogen-bond acceptors (Lipinski definition) is 3. The maximum absolute atomic E-state index is 12.5. The highest BCUT2D eigenvalue weighted by atomic mass is 16.1. The molecule has 1 fully saturated rings. The Kier molecular flexibility index (Phi) is 4.71. The van der Waals surface area contributed by atoms with Crippen molar-refractivity contribution in [3.05, 3.63) is 30.2 Å². The van der Waals surface area contributed by atoms with E-state index in [0.29, 0.717) is 17.3 Å². The van der Waals surface area contributed by atoms with E-state index in [1.54, 1.807) is 29.0 Å². The van der Waals surface area contributed by atoms with E-state index in [2.05, 4.69) is 22.3 Å². The zero-order valence-corrected chi connectivity index (χ0v) is 13.2. The lowest BCUT2D eigenvalue weighted by Crippen LogP contribution is -2.39. The fourth-order valence-corrected chi connectivity index (χ4v) is 3.24. The summed E-state index contributed by atoms with van der Waals surface area (Å²) in [6.45, 7) is 2.25. The Balaban J connectivity index is 1.70. The molecule has 2 aromatic heterocycles. The van der Waals surface area contributed by atoms with Gasteiger partial charge in [-0.15, -0.1) is 0 Å². The summed E-state index contributed by atoms with van der Waals surface area (Å²) in [6, 6.07) is 3.79. The van der Waals surface area contributed by atoms with Crippen LogP contribution in [0.1, 0.15) is 62.4 Å². The summed E-state index contributed by atoms with van der Waals surface area (Å²) in [6.07, 6.45) is 12.1. The Morgan fingerprint density at radius 2 is 1.95 bits per heavy atom. The normalized spacial score (nSPS) is 23.5. The van der Waals surface area contributed by atoms with Crippen LogP contribution in [0.15, 0.2) is 24.5 Å². The van der Waals surface area contributed by atoms with Crippen molar-refractivity contribution in [2.45, 2.75) is 57.9 Å². The van der Waals surface area contributed by atoms with Gasteiger partial charge < -0.3 is 5.32 Å². The smallest absolute Gasteiger partial charge is 0.270 e. The maximum atomic E-state index is 12.5. The van der Waals surface area contributed by atoms with Crippen LogP contribution in [0.5, 0.6) is 0 Å². The van der Waals surface area contributed by atoms with Gasteiger partial charge in [0.05, 0.1) is 6.20 Å². The first kappa shape index (κ1) is 15.0. The molecule has 5 heteroatoms. The van der Waals surface area contributed by atoms with Gasteiger partial charge in [0.2, 0.25) is 0 Å². The molecule has 1 aliphatic rings. The van der Waals surface area contributed by atoms with Gasteiger partial charge in [-0.05, 0) is 24.8 Å². The molecule has 5 nitrogen and oxygen atoms in total. The second-order valence-corrected chi connectivity index (χ2v) is 6.35. The molecule has 2 heterocycles. The molecule has 2 atom stereocenters. The molecular weight excluding hydrogens is 276 g/mol. The summed E-state index contributed by atoms with van der Waals surface area (Å²) in [7, 11) is 0. The topological polar surface area (TPSA) is 59.3 Å². The van der Waals surface area contributed by atoms with Gasteiger partial charge in [0.25, 0.3) is 5.91 Å². The quantitative estimate of drug-likeness (QED) is 0.926. The summed E-state index contributed by atoms with van der Waals surface area (Å²) in [5.41, 5.74) is 1.18. The van der Waals surface area contributed by atoms with E-state index in [1.807, 2.05) is 0 Å². The zero-order valence-electron chi connectivity index (χ0n) is 13.2. The highest BCUT2D eigenvalue weighted by Gasteiger charge is 2.21. The molecule has 1 saturated carbocycles. The molecule has 0 spiro atoms. The molecule has 1 amide bonds. The largest absolute Gasteiger partial charge is 0.348 e. The van der Waals surface area contributed by atoms with Crippen molar-refractivity contribution in [2.24, 2.45) is 5.92 Å². The van der Waals surface area contributed by atoms with Crippen molar-refractivity contribution in [1.29, 1.82) is 0 Å². The van der Waals surface area contributed by atoms with Crippen molar-refractivity contribution in [3.8, 4) is 0 Å². The van der Waals surface area contributed by atoms with Crippen molar-refractivity contribution in [1.82, 2.24) is 19.9 Å². The van der Waals surface area contributed by atoms with E-state index >= 15 is 0 Å². The summed E-state index contributed by atoms with van der Waals surface area (Å²) in [4.78, 5) is 16.9. The predicted octanol–water partition coefficient (Wildman–Crippen LogP) is 3.21. The number of fused-ring (bicyclic) bond motifs is 1. The van der Waals surface area contributed by atoms with E-state index in [4.69, 9.17) is 0 Å². The van der Waals surface area contributed by atoms with Crippen molar-refractivity contribution < 1.29 is 4.79 Å². The zero-order chi connectivity index (χ0) is 15.4. The number of nitrogens with one attached hydrogen (secondary N) is 1. The van der Waals surface area contributed by atoms with E-state index in [1.165, 1.54) is 38.5 Å². The molecule has 0 radical (unpaired) electrons. The molecule has 0 bridgehead atoms. The molecular formula is C17H24N4O. The van der Waals surface area contributed by atoms with Crippen LogP contribution in [0.4, 0.5) is 0 Å². The van der Waals surface area contributed by atoms with Crippen molar-refractivity contribution in [2.75, 3.05) is 0 Å². The summed E-state index contributed by atoms with van der Waals surface area (Å²) in [5, 5.41) is 7.31. The van der Waals surface area contributed by atoms with Crippen LogP contribution in [0, 0.1) is 5.92 Å². The van der Waals surface area contributed by atoms with E-state index < -0.39 is 0 Å². The van der Waals surface area contributed by atoms with Crippen LogP contribution >= 0.6 is 0 Å². The van der Waals surface area contributed by atoms with Crippen LogP contribution in [-0.4, -0.2) is 26.5 Å². The number of carbonyl (C=O) groups excluding carboxylic acids is 1. The van der Waals surface area contributed by atoms with Gasteiger partial charge in [-0.25, -0.2) is 9.50 Å². The first-order valence-electron chi connectivity index (χ1n) is 8.35. The van der Waals surface area contributed by atoms with Gasteiger partial charge in [-0.1, -0.05) is 39.0 Å². The first-order valence-corrected chi connectivity index (χ1v) is 8.35. The number of rotatable bonds is 2. The third-order valence-corrected chi connectivity index (χ3v) is 4.67. The van der Waals surface area contributed by atoms with E-state index in [-0.39, 0.29) is 11.9 Å². The number of nitrogens with zero attached hydrogens (tertiary/aromatic N) is 3. The number of amides is 1. The van der Waals surface area contributed by atoms with Gasteiger partial charge >= 0.3 is 0 Å². The monoisotopic (exact) mass is 300 g/mol. The minimum absolute atomic E-state index is 0.0696. The highest BCUT2D eigenvalue weighted by Crippen LogP contribution is 2.22. The Labute approximate surface area is 131 Å². The SMILES string of the molecule is CC1CCCCCCCC1NC(=O)c1ccn2nccc2n1. The molecule has 2 aromatic rings. The van der Waals surface area contributed by atoms with Crippen molar-refractivity contribution >= 4 is 11.6 Å². The van der Waals surface area contributed by atoms with Crippen molar-refractivity contribution in [3.63, 3.8) is 0 Å².